The third-order valence-electron chi connectivity index (χ3n) is 7.59. The summed E-state index contributed by atoms with van der Waals surface area (Å²) < 4.78 is 11.6. The molecule has 0 spiro atoms. The molecule has 0 unspecified atom stereocenters. The lowest BCUT2D eigenvalue weighted by molar-refractivity contribution is -0.166. The van der Waals surface area contributed by atoms with Crippen molar-refractivity contribution < 1.29 is 24.2 Å². The van der Waals surface area contributed by atoms with E-state index in [9.17, 15) is 9.59 Å². The summed E-state index contributed by atoms with van der Waals surface area (Å²) in [4.78, 5) is 24.2. The predicted octanol–water partition coefficient (Wildman–Crippen LogP) is 5.29. The number of aryl methyl sites for hydroxylation is 1. The maximum absolute atomic E-state index is 13.4. The van der Waals surface area contributed by atoms with Gasteiger partial charge in [-0.1, -0.05) is 49.7 Å². The lowest BCUT2D eigenvalue weighted by Crippen LogP contribution is -2.52. The number of hydrogen-bond acceptors (Lipinski definition) is 4. The minimum absolute atomic E-state index is 0.0255. The van der Waals surface area contributed by atoms with Crippen molar-refractivity contribution in [3.63, 3.8) is 0 Å². The van der Waals surface area contributed by atoms with Crippen LogP contribution in [0.2, 0.25) is 0 Å². The molecular weight excluding hydrogens is 404 g/mol. The monoisotopic (exact) mass is 436 g/mol. The molecule has 5 heteroatoms. The zero-order valence-corrected chi connectivity index (χ0v) is 18.9. The number of rotatable bonds is 7. The van der Waals surface area contributed by atoms with Crippen LogP contribution in [0.25, 0.3) is 0 Å². The van der Waals surface area contributed by atoms with Gasteiger partial charge in [-0.2, -0.15) is 0 Å². The minimum Gasteiger partial charge on any atom is -0.493 e. The molecule has 1 fully saturated rings. The number of esters is 1. The number of fused-ring (bicyclic) bond motifs is 3. The number of carboxylic acid groups (broad SMARTS) is 1. The molecule has 2 aromatic carbocycles. The van der Waals surface area contributed by atoms with E-state index < -0.39 is 11.4 Å². The molecular formula is C27H32O5. The molecule has 1 N–H and O–H groups in total. The Morgan fingerprint density at radius 3 is 2.62 bits per heavy atom. The van der Waals surface area contributed by atoms with Crippen molar-refractivity contribution in [1.29, 1.82) is 0 Å². The van der Waals surface area contributed by atoms with E-state index in [2.05, 4.69) is 26.0 Å². The molecule has 0 amide bonds. The zero-order chi connectivity index (χ0) is 22.8. The van der Waals surface area contributed by atoms with Crippen LogP contribution in [-0.4, -0.2) is 23.7 Å². The highest BCUT2D eigenvalue weighted by Crippen LogP contribution is 2.58. The molecule has 32 heavy (non-hydrogen) atoms. The third-order valence-corrected chi connectivity index (χ3v) is 7.59. The first-order chi connectivity index (χ1) is 15.3. The van der Waals surface area contributed by atoms with Crippen molar-refractivity contribution in [2.45, 2.75) is 64.4 Å². The van der Waals surface area contributed by atoms with Crippen LogP contribution in [0, 0.1) is 11.3 Å². The number of hydrogen-bond donors (Lipinski definition) is 1. The van der Waals surface area contributed by atoms with Crippen LogP contribution in [0.3, 0.4) is 0 Å². The second-order valence-corrected chi connectivity index (χ2v) is 9.65. The Kier molecular flexibility index (Phi) is 6.27. The van der Waals surface area contributed by atoms with E-state index >= 15 is 0 Å². The summed E-state index contributed by atoms with van der Waals surface area (Å²) in [5.74, 6) is -0.0822. The minimum atomic E-state index is -0.868. The van der Waals surface area contributed by atoms with Gasteiger partial charge in [0.15, 0.2) is 0 Å². The Morgan fingerprint density at radius 1 is 1.09 bits per heavy atom. The Balaban J connectivity index is 1.55. The number of carbonyl (C=O) groups is 2. The zero-order valence-electron chi connectivity index (χ0n) is 18.9. The van der Waals surface area contributed by atoms with Crippen molar-refractivity contribution in [3.05, 3.63) is 65.2 Å². The van der Waals surface area contributed by atoms with E-state index in [0.717, 1.165) is 37.7 Å². The highest BCUT2D eigenvalue weighted by molar-refractivity contribution is 5.77. The molecule has 2 aliphatic carbocycles. The van der Waals surface area contributed by atoms with Gasteiger partial charge < -0.3 is 14.6 Å². The van der Waals surface area contributed by atoms with Crippen molar-refractivity contribution in [1.82, 2.24) is 0 Å². The third kappa shape index (κ3) is 4.25. The van der Waals surface area contributed by atoms with E-state index in [-0.39, 0.29) is 30.3 Å². The average Bonchev–Trinajstić information content (AvgIpc) is 2.78. The van der Waals surface area contributed by atoms with Crippen molar-refractivity contribution in [2.24, 2.45) is 11.3 Å². The van der Waals surface area contributed by atoms with Gasteiger partial charge in [-0.25, -0.2) is 0 Å². The number of carbonyl (C=O) groups excluding carboxylic acids is 1. The molecule has 0 bridgehead atoms. The first-order valence-electron chi connectivity index (χ1n) is 11.5. The first-order valence-corrected chi connectivity index (χ1v) is 11.5. The van der Waals surface area contributed by atoms with Gasteiger partial charge in [0.05, 0.1) is 18.4 Å². The fraction of sp³-hybridized carbons (Fsp3) is 0.481. The van der Waals surface area contributed by atoms with Gasteiger partial charge >= 0.3 is 11.9 Å². The van der Waals surface area contributed by atoms with Gasteiger partial charge in [-0.05, 0) is 72.8 Å². The summed E-state index contributed by atoms with van der Waals surface area (Å²) >= 11 is 0. The molecule has 0 radical (unpaired) electrons. The van der Waals surface area contributed by atoms with E-state index in [1.54, 1.807) is 0 Å². The molecule has 0 aromatic heterocycles. The largest absolute Gasteiger partial charge is 0.493 e. The van der Waals surface area contributed by atoms with Crippen LogP contribution in [0.5, 0.6) is 5.75 Å². The smallest absolute Gasteiger partial charge is 0.312 e. The van der Waals surface area contributed by atoms with Gasteiger partial charge in [0.2, 0.25) is 0 Å². The highest BCUT2D eigenvalue weighted by atomic mass is 16.5. The molecule has 5 nitrogen and oxygen atoms in total. The quantitative estimate of drug-likeness (QED) is 0.597. The lowest BCUT2D eigenvalue weighted by atomic mass is 9.50. The normalized spacial score (nSPS) is 26.5. The molecule has 0 saturated heterocycles. The van der Waals surface area contributed by atoms with Crippen molar-refractivity contribution in [2.75, 3.05) is 6.61 Å². The van der Waals surface area contributed by atoms with Crippen LogP contribution in [0.15, 0.2) is 48.5 Å². The summed E-state index contributed by atoms with van der Waals surface area (Å²) in [6.07, 6.45) is 4.68. The number of aliphatic carboxylic acids is 1. The lowest BCUT2D eigenvalue weighted by Gasteiger charge is -2.54. The van der Waals surface area contributed by atoms with Gasteiger partial charge in [0.25, 0.3) is 0 Å². The van der Waals surface area contributed by atoms with Crippen molar-refractivity contribution >= 4 is 11.9 Å². The summed E-state index contributed by atoms with van der Waals surface area (Å²) in [6.45, 7) is 4.81. The van der Waals surface area contributed by atoms with Gasteiger partial charge in [0, 0.05) is 0 Å². The molecule has 2 aromatic rings. The fourth-order valence-electron chi connectivity index (χ4n) is 5.92. The molecule has 3 atom stereocenters. The van der Waals surface area contributed by atoms with Crippen LogP contribution in [0.1, 0.15) is 62.6 Å². The second-order valence-electron chi connectivity index (χ2n) is 9.65. The summed E-state index contributed by atoms with van der Waals surface area (Å²) in [5, 5.41) is 8.88. The topological polar surface area (TPSA) is 72.8 Å². The fourth-order valence-corrected chi connectivity index (χ4v) is 5.92. The summed E-state index contributed by atoms with van der Waals surface area (Å²) in [7, 11) is 0. The van der Waals surface area contributed by atoms with Crippen LogP contribution >= 0.6 is 0 Å². The molecule has 0 aliphatic heterocycles. The Morgan fingerprint density at radius 2 is 1.88 bits per heavy atom. The molecule has 2 aliphatic rings. The molecule has 4 rings (SSSR count). The Hall–Kier alpha value is -2.82. The average molecular weight is 437 g/mol. The summed E-state index contributed by atoms with van der Waals surface area (Å²) in [5.41, 5.74) is 2.87. The standard InChI is InChI=1S/C27H32O5/c1-26-14-6-15-27(2,25(30)32-18-19-7-4-3-5-8-19)23(26)12-10-20-9-11-21(17-22(20)26)31-16-13-24(28)29/h3-5,7-9,11,17,23H,6,10,12-16,18H2,1-2H3,(H,28,29)/t23-,26-,27+/m1/s1. The van der Waals surface area contributed by atoms with Gasteiger partial charge in [-0.15, -0.1) is 0 Å². The highest BCUT2D eigenvalue weighted by Gasteiger charge is 2.55. The van der Waals surface area contributed by atoms with Crippen molar-refractivity contribution in [3.8, 4) is 5.75 Å². The number of benzene rings is 2. The van der Waals surface area contributed by atoms with E-state index in [1.165, 1.54) is 11.1 Å². The van der Waals surface area contributed by atoms with E-state index in [0.29, 0.717) is 12.4 Å². The maximum atomic E-state index is 13.4. The SMILES string of the molecule is C[C@]1(C(=O)OCc2ccccc2)CCC[C@]2(C)c3cc(OCCC(=O)O)ccc3CC[C@@H]12. The van der Waals surface area contributed by atoms with E-state index in [4.69, 9.17) is 14.6 Å². The van der Waals surface area contributed by atoms with Gasteiger partial charge in [-0.3, -0.25) is 9.59 Å². The van der Waals surface area contributed by atoms with Crippen LogP contribution in [0.4, 0.5) is 0 Å². The van der Waals surface area contributed by atoms with Crippen LogP contribution < -0.4 is 4.74 Å². The first kappa shape index (κ1) is 22.4. The predicted molar refractivity (Wildman–Crippen MR) is 122 cm³/mol. The van der Waals surface area contributed by atoms with Crippen LogP contribution in [-0.2, 0) is 32.8 Å². The van der Waals surface area contributed by atoms with Gasteiger partial charge in [0.1, 0.15) is 12.4 Å². The molecule has 170 valence electrons. The molecule has 0 heterocycles. The Bertz CT molecular complexity index is 985. The summed E-state index contributed by atoms with van der Waals surface area (Å²) in [6, 6.07) is 15.9. The Labute approximate surface area is 189 Å². The maximum Gasteiger partial charge on any atom is 0.312 e. The molecule has 1 saturated carbocycles. The second kappa shape index (κ2) is 8.97. The number of ether oxygens (including phenoxy) is 2. The van der Waals surface area contributed by atoms with E-state index in [1.807, 2.05) is 36.4 Å². The number of carboxylic acids is 1.